The first-order chi connectivity index (χ1) is 12.7. The molecule has 2 aliphatic rings. The Morgan fingerprint density at radius 2 is 2.08 bits per heavy atom. The summed E-state index contributed by atoms with van der Waals surface area (Å²) >= 11 is 0. The van der Waals surface area contributed by atoms with Crippen molar-refractivity contribution in [1.29, 1.82) is 0 Å². The highest BCUT2D eigenvalue weighted by molar-refractivity contribution is 6.49. The third kappa shape index (κ3) is 3.39. The number of aromatic nitrogens is 2. The molecule has 7 nitrogen and oxygen atoms in total. The van der Waals surface area contributed by atoms with Crippen molar-refractivity contribution in [1.82, 2.24) is 14.5 Å². The van der Waals surface area contributed by atoms with Crippen molar-refractivity contribution in [2.45, 2.75) is 12.8 Å². The van der Waals surface area contributed by atoms with Crippen LogP contribution >= 0.6 is 0 Å². The van der Waals surface area contributed by atoms with Crippen LogP contribution in [0.4, 0.5) is 5.69 Å². The topological polar surface area (TPSA) is 85.2 Å². The Balaban J connectivity index is 1.61. The summed E-state index contributed by atoms with van der Waals surface area (Å²) in [4.78, 5) is 19.1. The van der Waals surface area contributed by atoms with Gasteiger partial charge in [0.15, 0.2) is 5.69 Å². The molecule has 0 radical (unpaired) electrons. The van der Waals surface area contributed by atoms with Crippen molar-refractivity contribution in [3.8, 4) is 5.88 Å². The number of likely N-dealkylation sites (tertiary alicyclic amines) is 1. The molecule has 0 aromatic carbocycles. The van der Waals surface area contributed by atoms with Crippen LogP contribution < -0.4 is 10.5 Å². The van der Waals surface area contributed by atoms with Crippen LogP contribution in [0.15, 0.2) is 53.3 Å². The predicted molar refractivity (Wildman–Crippen MR) is 99.9 cm³/mol. The summed E-state index contributed by atoms with van der Waals surface area (Å²) in [6, 6.07) is 5.70. The SMILES string of the molecule is NC1=CC(=O)C(=Nc2c(OCCN3CCCC3)nn3ccccc23)C=C1. The van der Waals surface area contributed by atoms with Gasteiger partial charge in [-0.15, -0.1) is 5.10 Å². The van der Waals surface area contributed by atoms with Crippen molar-refractivity contribution in [3.05, 3.63) is 48.3 Å². The summed E-state index contributed by atoms with van der Waals surface area (Å²) in [5.74, 6) is 0.218. The number of nitrogens with two attached hydrogens (primary N) is 1. The van der Waals surface area contributed by atoms with Gasteiger partial charge < -0.3 is 10.5 Å². The van der Waals surface area contributed by atoms with Gasteiger partial charge in [-0.2, -0.15) is 0 Å². The first-order valence-electron chi connectivity index (χ1n) is 8.81. The highest BCUT2D eigenvalue weighted by Gasteiger charge is 2.18. The molecule has 1 fully saturated rings. The van der Waals surface area contributed by atoms with E-state index in [4.69, 9.17) is 10.5 Å². The summed E-state index contributed by atoms with van der Waals surface area (Å²) < 4.78 is 7.64. The fourth-order valence-corrected chi connectivity index (χ4v) is 3.19. The molecule has 134 valence electrons. The van der Waals surface area contributed by atoms with Crippen LogP contribution in [0.3, 0.4) is 0 Å². The number of pyridine rings is 1. The lowest BCUT2D eigenvalue weighted by Gasteiger charge is -2.14. The molecule has 2 N–H and O–H groups in total. The Hall–Kier alpha value is -2.93. The van der Waals surface area contributed by atoms with E-state index >= 15 is 0 Å². The Morgan fingerprint density at radius 1 is 1.23 bits per heavy atom. The van der Waals surface area contributed by atoms with Gasteiger partial charge >= 0.3 is 0 Å². The van der Waals surface area contributed by atoms with Crippen molar-refractivity contribution in [2.24, 2.45) is 10.7 Å². The van der Waals surface area contributed by atoms with Crippen LogP contribution in [0.1, 0.15) is 12.8 Å². The van der Waals surface area contributed by atoms with Crippen LogP contribution in [0.25, 0.3) is 5.52 Å². The average Bonchev–Trinajstić information content (AvgIpc) is 3.26. The first-order valence-corrected chi connectivity index (χ1v) is 8.81. The standard InChI is InChI=1S/C19H21N5O2/c20-14-6-7-15(17(25)13-14)21-18-16-5-1-2-10-24(16)22-19(18)26-12-11-23-8-3-4-9-23/h1-2,5-7,10,13H,3-4,8-9,11-12,20H2. The molecular weight excluding hydrogens is 330 g/mol. The lowest BCUT2D eigenvalue weighted by molar-refractivity contribution is -0.108. The van der Waals surface area contributed by atoms with Gasteiger partial charge in [-0.25, -0.2) is 9.51 Å². The highest BCUT2D eigenvalue weighted by Crippen LogP contribution is 2.32. The zero-order valence-corrected chi connectivity index (χ0v) is 14.5. The third-order valence-corrected chi connectivity index (χ3v) is 4.54. The number of rotatable bonds is 5. The maximum atomic E-state index is 12.2. The predicted octanol–water partition coefficient (Wildman–Crippen LogP) is 1.86. The third-order valence-electron chi connectivity index (χ3n) is 4.54. The molecule has 0 unspecified atom stereocenters. The zero-order valence-electron chi connectivity index (χ0n) is 14.5. The average molecular weight is 351 g/mol. The molecule has 2 aromatic rings. The van der Waals surface area contributed by atoms with E-state index in [0.717, 1.165) is 25.2 Å². The lowest BCUT2D eigenvalue weighted by atomic mass is 10.1. The van der Waals surface area contributed by atoms with E-state index in [-0.39, 0.29) is 5.78 Å². The summed E-state index contributed by atoms with van der Waals surface area (Å²) in [7, 11) is 0. The Kier molecular flexibility index (Phi) is 4.53. The monoisotopic (exact) mass is 351 g/mol. The minimum Gasteiger partial charge on any atom is -0.474 e. The van der Waals surface area contributed by atoms with Gasteiger partial charge in [0.25, 0.3) is 5.88 Å². The molecule has 3 heterocycles. The molecule has 0 amide bonds. The van der Waals surface area contributed by atoms with Crippen LogP contribution in [0.2, 0.25) is 0 Å². The smallest absolute Gasteiger partial charge is 0.260 e. The summed E-state index contributed by atoms with van der Waals surface area (Å²) in [5, 5.41) is 4.48. The van der Waals surface area contributed by atoms with Crippen LogP contribution in [-0.2, 0) is 4.79 Å². The summed E-state index contributed by atoms with van der Waals surface area (Å²) in [6.45, 7) is 3.65. The number of ketones is 1. The van der Waals surface area contributed by atoms with Crippen molar-refractivity contribution < 1.29 is 9.53 Å². The molecule has 0 atom stereocenters. The van der Waals surface area contributed by atoms with Crippen LogP contribution in [0.5, 0.6) is 5.88 Å². The van der Waals surface area contributed by atoms with E-state index in [1.165, 1.54) is 18.9 Å². The largest absolute Gasteiger partial charge is 0.474 e. The Labute approximate surface area is 151 Å². The van der Waals surface area contributed by atoms with E-state index in [0.29, 0.717) is 29.6 Å². The molecule has 1 aliphatic heterocycles. The summed E-state index contributed by atoms with van der Waals surface area (Å²) in [5.41, 5.74) is 7.76. The number of allylic oxidation sites excluding steroid dienone is 3. The second-order valence-electron chi connectivity index (χ2n) is 6.42. The number of hydrogen-bond donors (Lipinski definition) is 1. The van der Waals surface area contributed by atoms with Gasteiger partial charge in [0.1, 0.15) is 12.3 Å². The molecular formula is C19H21N5O2. The van der Waals surface area contributed by atoms with Crippen molar-refractivity contribution in [2.75, 3.05) is 26.2 Å². The van der Waals surface area contributed by atoms with Gasteiger partial charge in [-0.05, 0) is 50.2 Å². The normalized spacial score (nSPS) is 19.5. The number of carbonyl (C=O) groups is 1. The van der Waals surface area contributed by atoms with Gasteiger partial charge in [-0.1, -0.05) is 6.07 Å². The molecule has 7 heteroatoms. The second kappa shape index (κ2) is 7.13. The van der Waals surface area contributed by atoms with E-state index in [1.54, 1.807) is 16.7 Å². The Bertz CT molecular complexity index is 919. The summed E-state index contributed by atoms with van der Waals surface area (Å²) in [6.07, 6.45) is 9.00. The zero-order chi connectivity index (χ0) is 17.9. The molecule has 2 aromatic heterocycles. The number of ether oxygens (including phenoxy) is 1. The first kappa shape index (κ1) is 16.5. The second-order valence-corrected chi connectivity index (χ2v) is 6.42. The number of aliphatic imine (C=N–C) groups is 1. The molecule has 0 spiro atoms. The number of carbonyl (C=O) groups excluding carboxylic acids is 1. The molecule has 0 bridgehead atoms. The number of hydrogen-bond acceptors (Lipinski definition) is 6. The van der Waals surface area contributed by atoms with E-state index in [9.17, 15) is 4.79 Å². The van der Waals surface area contributed by atoms with Gasteiger partial charge in [0.2, 0.25) is 5.78 Å². The molecule has 1 aliphatic carbocycles. The highest BCUT2D eigenvalue weighted by atomic mass is 16.5. The quantitative estimate of drug-likeness (QED) is 0.831. The lowest BCUT2D eigenvalue weighted by Crippen LogP contribution is -2.25. The Morgan fingerprint density at radius 3 is 2.88 bits per heavy atom. The van der Waals surface area contributed by atoms with Crippen LogP contribution in [0, 0.1) is 0 Å². The molecule has 1 saturated heterocycles. The van der Waals surface area contributed by atoms with Crippen molar-refractivity contribution >= 4 is 22.7 Å². The minimum absolute atomic E-state index is 0.219. The maximum Gasteiger partial charge on any atom is 0.260 e. The van der Waals surface area contributed by atoms with E-state index in [2.05, 4.69) is 15.0 Å². The van der Waals surface area contributed by atoms with Crippen LogP contribution in [-0.4, -0.2) is 52.3 Å². The molecule has 4 rings (SSSR count). The van der Waals surface area contributed by atoms with E-state index < -0.39 is 0 Å². The fraction of sp³-hybridized carbons (Fsp3) is 0.316. The fourth-order valence-electron chi connectivity index (χ4n) is 3.19. The maximum absolute atomic E-state index is 12.2. The van der Waals surface area contributed by atoms with Gasteiger partial charge in [-0.3, -0.25) is 9.69 Å². The molecule has 0 saturated carbocycles. The van der Waals surface area contributed by atoms with Crippen molar-refractivity contribution in [3.63, 3.8) is 0 Å². The number of nitrogens with zero attached hydrogens (tertiary/aromatic N) is 4. The number of fused-ring (bicyclic) bond motifs is 1. The van der Waals surface area contributed by atoms with E-state index in [1.807, 2.05) is 24.4 Å². The minimum atomic E-state index is -0.219. The molecule has 26 heavy (non-hydrogen) atoms. The van der Waals surface area contributed by atoms with Gasteiger partial charge in [0.05, 0.1) is 5.52 Å². The van der Waals surface area contributed by atoms with Gasteiger partial charge in [0, 0.05) is 24.5 Å².